The largest absolute Gasteiger partial charge is 0.383 e. The molecule has 0 aliphatic carbocycles. The Balaban J connectivity index is 4.51. The number of rotatable bonds is 8. The average molecular weight is 253 g/mol. The van der Waals surface area contributed by atoms with E-state index < -0.39 is 10.2 Å². The SMILES string of the molecule is CCN(CC)S(=O)(=O)N(C)CC(N)COC. The van der Waals surface area contributed by atoms with E-state index in [-0.39, 0.29) is 12.6 Å². The second kappa shape index (κ2) is 7.18. The van der Waals surface area contributed by atoms with E-state index in [1.165, 1.54) is 15.7 Å². The van der Waals surface area contributed by atoms with Crippen LogP contribution in [0.2, 0.25) is 0 Å². The summed E-state index contributed by atoms with van der Waals surface area (Å²) in [6.45, 7) is 5.14. The fourth-order valence-electron chi connectivity index (χ4n) is 1.44. The summed E-state index contributed by atoms with van der Waals surface area (Å²) in [4.78, 5) is 0. The summed E-state index contributed by atoms with van der Waals surface area (Å²) in [5, 5.41) is 0. The van der Waals surface area contributed by atoms with Gasteiger partial charge < -0.3 is 10.5 Å². The number of nitrogens with zero attached hydrogens (tertiary/aromatic N) is 2. The van der Waals surface area contributed by atoms with Crippen LogP contribution in [0.3, 0.4) is 0 Å². The Kier molecular flexibility index (Phi) is 7.09. The molecule has 0 rings (SSSR count). The van der Waals surface area contributed by atoms with Crippen molar-refractivity contribution in [3.05, 3.63) is 0 Å². The van der Waals surface area contributed by atoms with Crippen LogP contribution in [-0.2, 0) is 14.9 Å². The zero-order chi connectivity index (χ0) is 12.8. The molecule has 0 aromatic carbocycles. The predicted molar refractivity (Wildman–Crippen MR) is 64.3 cm³/mol. The Bertz CT molecular complexity index is 278. The second-order valence-electron chi connectivity index (χ2n) is 3.59. The highest BCUT2D eigenvalue weighted by Gasteiger charge is 2.25. The monoisotopic (exact) mass is 253 g/mol. The van der Waals surface area contributed by atoms with Crippen LogP contribution in [0.1, 0.15) is 13.8 Å². The zero-order valence-corrected chi connectivity index (χ0v) is 11.3. The van der Waals surface area contributed by atoms with Gasteiger partial charge in [-0.15, -0.1) is 0 Å². The summed E-state index contributed by atoms with van der Waals surface area (Å²) < 4.78 is 31.5. The van der Waals surface area contributed by atoms with Crippen LogP contribution in [0.15, 0.2) is 0 Å². The number of hydrogen-bond donors (Lipinski definition) is 1. The molecule has 0 aromatic heterocycles. The van der Waals surface area contributed by atoms with Crippen LogP contribution in [-0.4, -0.2) is 63.5 Å². The fraction of sp³-hybridized carbons (Fsp3) is 1.00. The molecule has 98 valence electrons. The molecule has 0 aliphatic rings. The molecule has 0 bridgehead atoms. The zero-order valence-electron chi connectivity index (χ0n) is 10.5. The van der Waals surface area contributed by atoms with Crippen molar-refractivity contribution in [1.82, 2.24) is 8.61 Å². The van der Waals surface area contributed by atoms with Gasteiger partial charge in [0.25, 0.3) is 10.2 Å². The van der Waals surface area contributed by atoms with Gasteiger partial charge in [-0.3, -0.25) is 0 Å². The van der Waals surface area contributed by atoms with E-state index in [4.69, 9.17) is 10.5 Å². The molecule has 1 unspecified atom stereocenters. The van der Waals surface area contributed by atoms with E-state index in [9.17, 15) is 8.42 Å². The summed E-state index contributed by atoms with van der Waals surface area (Å²) in [6, 6.07) is -0.305. The Hall–Kier alpha value is -0.210. The maximum atomic E-state index is 12.0. The first-order chi connectivity index (χ1) is 7.39. The molecule has 6 nitrogen and oxygen atoms in total. The van der Waals surface area contributed by atoms with E-state index in [2.05, 4.69) is 0 Å². The Labute approximate surface area is 98.5 Å². The fourth-order valence-corrected chi connectivity index (χ4v) is 2.86. The maximum Gasteiger partial charge on any atom is 0.281 e. The van der Waals surface area contributed by atoms with Gasteiger partial charge in [0.15, 0.2) is 0 Å². The molecule has 0 spiro atoms. The summed E-state index contributed by atoms with van der Waals surface area (Å²) in [6.07, 6.45) is 0. The van der Waals surface area contributed by atoms with E-state index >= 15 is 0 Å². The van der Waals surface area contributed by atoms with Crippen molar-refractivity contribution in [3.8, 4) is 0 Å². The topological polar surface area (TPSA) is 75.9 Å². The van der Waals surface area contributed by atoms with E-state index in [0.717, 1.165) is 0 Å². The molecule has 0 amide bonds. The van der Waals surface area contributed by atoms with E-state index in [1.54, 1.807) is 7.11 Å². The summed E-state index contributed by atoms with van der Waals surface area (Å²) in [5.41, 5.74) is 5.72. The van der Waals surface area contributed by atoms with Crippen molar-refractivity contribution >= 4 is 10.2 Å². The minimum atomic E-state index is -3.38. The van der Waals surface area contributed by atoms with Gasteiger partial charge in [0, 0.05) is 39.8 Å². The summed E-state index contributed by atoms with van der Waals surface area (Å²) in [7, 11) is -0.312. The van der Waals surface area contributed by atoms with E-state index in [1.807, 2.05) is 13.8 Å². The lowest BCUT2D eigenvalue weighted by molar-refractivity contribution is 0.172. The average Bonchev–Trinajstić information content (AvgIpc) is 2.19. The van der Waals surface area contributed by atoms with E-state index in [0.29, 0.717) is 19.7 Å². The molecule has 0 aliphatic heterocycles. The smallest absolute Gasteiger partial charge is 0.281 e. The number of hydrogen-bond acceptors (Lipinski definition) is 4. The van der Waals surface area contributed by atoms with Gasteiger partial charge in [-0.1, -0.05) is 13.8 Å². The molecule has 0 saturated carbocycles. The Morgan fingerprint density at radius 2 is 1.81 bits per heavy atom. The van der Waals surface area contributed by atoms with Crippen LogP contribution >= 0.6 is 0 Å². The van der Waals surface area contributed by atoms with Gasteiger partial charge in [0.05, 0.1) is 6.61 Å². The van der Waals surface area contributed by atoms with Gasteiger partial charge in [-0.05, 0) is 0 Å². The lowest BCUT2D eigenvalue weighted by atomic mass is 10.3. The molecule has 0 aromatic rings. The normalized spacial score (nSPS) is 14.7. The molecule has 1 atom stereocenters. The molecule has 16 heavy (non-hydrogen) atoms. The minimum absolute atomic E-state index is 0.257. The van der Waals surface area contributed by atoms with Crippen molar-refractivity contribution in [2.24, 2.45) is 5.73 Å². The molecular formula is C9H23N3O3S. The second-order valence-corrected chi connectivity index (χ2v) is 5.62. The first kappa shape index (κ1) is 15.8. The van der Waals surface area contributed by atoms with Gasteiger partial charge in [-0.2, -0.15) is 17.0 Å². The number of ether oxygens (including phenoxy) is 1. The first-order valence-corrected chi connectivity index (χ1v) is 6.75. The third-order valence-electron chi connectivity index (χ3n) is 2.30. The summed E-state index contributed by atoms with van der Waals surface area (Å²) >= 11 is 0. The van der Waals surface area contributed by atoms with Gasteiger partial charge in [0.2, 0.25) is 0 Å². The van der Waals surface area contributed by atoms with Gasteiger partial charge in [-0.25, -0.2) is 0 Å². The van der Waals surface area contributed by atoms with Crippen LogP contribution < -0.4 is 5.73 Å². The quantitative estimate of drug-likeness (QED) is 0.631. The van der Waals surface area contributed by atoms with Gasteiger partial charge in [0.1, 0.15) is 0 Å². The number of likely N-dealkylation sites (N-methyl/N-ethyl adjacent to an activating group) is 1. The van der Waals surface area contributed by atoms with Crippen molar-refractivity contribution < 1.29 is 13.2 Å². The van der Waals surface area contributed by atoms with Crippen molar-refractivity contribution in [1.29, 1.82) is 0 Å². The standard InChI is InChI=1S/C9H23N3O3S/c1-5-12(6-2)16(13,14)11(3)7-9(10)8-15-4/h9H,5-8,10H2,1-4H3. The third-order valence-corrected chi connectivity index (χ3v) is 4.40. The molecular weight excluding hydrogens is 230 g/mol. The lowest BCUT2D eigenvalue weighted by Crippen LogP contribution is -2.47. The highest BCUT2D eigenvalue weighted by molar-refractivity contribution is 7.86. The maximum absolute atomic E-state index is 12.0. The molecule has 7 heteroatoms. The lowest BCUT2D eigenvalue weighted by Gasteiger charge is -2.27. The van der Waals surface area contributed by atoms with Crippen molar-refractivity contribution in [2.75, 3.05) is 40.4 Å². The highest BCUT2D eigenvalue weighted by Crippen LogP contribution is 2.05. The van der Waals surface area contributed by atoms with Crippen LogP contribution in [0, 0.1) is 0 Å². The predicted octanol–water partition coefficient (Wildman–Crippen LogP) is -0.521. The van der Waals surface area contributed by atoms with Crippen molar-refractivity contribution in [2.45, 2.75) is 19.9 Å². The van der Waals surface area contributed by atoms with Crippen LogP contribution in [0.4, 0.5) is 0 Å². The minimum Gasteiger partial charge on any atom is -0.383 e. The number of methoxy groups -OCH3 is 1. The molecule has 0 radical (unpaired) electrons. The molecule has 0 heterocycles. The Morgan fingerprint density at radius 3 is 2.19 bits per heavy atom. The third kappa shape index (κ3) is 4.34. The van der Waals surface area contributed by atoms with Crippen molar-refractivity contribution in [3.63, 3.8) is 0 Å². The van der Waals surface area contributed by atoms with Gasteiger partial charge >= 0.3 is 0 Å². The molecule has 0 saturated heterocycles. The molecule has 0 fully saturated rings. The highest BCUT2D eigenvalue weighted by atomic mass is 32.2. The summed E-state index contributed by atoms with van der Waals surface area (Å²) in [5.74, 6) is 0. The first-order valence-electron chi connectivity index (χ1n) is 5.36. The van der Waals surface area contributed by atoms with Crippen LogP contribution in [0.5, 0.6) is 0 Å². The van der Waals surface area contributed by atoms with Crippen LogP contribution in [0.25, 0.3) is 0 Å². The Morgan fingerprint density at radius 1 is 1.31 bits per heavy atom. The number of nitrogens with two attached hydrogens (primary N) is 1. The molecule has 2 N–H and O–H groups in total.